The molecule has 0 aromatic rings. The molecule has 5 heteroatoms. The highest BCUT2D eigenvalue weighted by molar-refractivity contribution is 5.87. The first-order valence-electron chi connectivity index (χ1n) is 8.66. The Hall–Kier alpha value is -1.10. The molecule has 0 radical (unpaired) electrons. The highest BCUT2D eigenvalue weighted by Gasteiger charge is 2.39. The lowest BCUT2D eigenvalue weighted by atomic mass is 9.69. The van der Waals surface area contributed by atoms with Crippen LogP contribution in [0.5, 0.6) is 0 Å². The Bertz CT molecular complexity index is 410. The van der Waals surface area contributed by atoms with Crippen LogP contribution < -0.4 is 5.32 Å². The number of nitrogens with zero attached hydrogens (tertiary/aromatic N) is 1. The van der Waals surface area contributed by atoms with Crippen molar-refractivity contribution in [3.63, 3.8) is 0 Å². The molecule has 2 rings (SSSR count). The fourth-order valence-corrected chi connectivity index (χ4v) is 4.04. The number of likely N-dealkylation sites (tertiary alicyclic amines) is 1. The monoisotopic (exact) mass is 310 g/mol. The second-order valence-corrected chi connectivity index (χ2v) is 7.07. The molecule has 126 valence electrons. The van der Waals surface area contributed by atoms with Gasteiger partial charge in [0.25, 0.3) is 0 Å². The zero-order valence-electron chi connectivity index (χ0n) is 14.1. The van der Waals surface area contributed by atoms with E-state index in [0.29, 0.717) is 11.8 Å². The molecule has 0 spiro atoms. The molecule has 2 amide bonds. The Balaban J connectivity index is 1.89. The van der Waals surface area contributed by atoms with E-state index in [1.54, 1.807) is 0 Å². The second-order valence-electron chi connectivity index (χ2n) is 7.07. The lowest BCUT2D eigenvalue weighted by Crippen LogP contribution is -2.49. The summed E-state index contributed by atoms with van der Waals surface area (Å²) in [5, 5.41) is 12.8. The van der Waals surface area contributed by atoms with Gasteiger partial charge in [-0.1, -0.05) is 26.7 Å². The highest BCUT2D eigenvalue weighted by atomic mass is 16.3. The number of carbonyl (C=O) groups is 2. The molecule has 2 aliphatic rings. The van der Waals surface area contributed by atoms with Crippen molar-refractivity contribution < 1.29 is 14.7 Å². The number of hydrogen-bond donors (Lipinski definition) is 2. The normalized spacial score (nSPS) is 28.6. The maximum Gasteiger partial charge on any atom is 0.243 e. The third kappa shape index (κ3) is 3.62. The van der Waals surface area contributed by atoms with Gasteiger partial charge in [-0.3, -0.25) is 9.59 Å². The second kappa shape index (κ2) is 6.99. The molecule has 22 heavy (non-hydrogen) atoms. The van der Waals surface area contributed by atoms with Crippen LogP contribution in [0.2, 0.25) is 0 Å². The molecule has 0 aromatic heterocycles. The van der Waals surface area contributed by atoms with Crippen molar-refractivity contribution in [2.75, 3.05) is 6.54 Å². The van der Waals surface area contributed by atoms with Crippen molar-refractivity contribution in [1.29, 1.82) is 0 Å². The Kier molecular flexibility index (Phi) is 5.48. The minimum Gasteiger partial charge on any atom is -0.391 e. The van der Waals surface area contributed by atoms with Gasteiger partial charge in [-0.15, -0.1) is 0 Å². The number of nitrogens with one attached hydrogen (secondary N) is 1. The van der Waals surface area contributed by atoms with Gasteiger partial charge in [0.15, 0.2) is 0 Å². The van der Waals surface area contributed by atoms with Gasteiger partial charge >= 0.3 is 0 Å². The van der Waals surface area contributed by atoms with Crippen molar-refractivity contribution in [3.8, 4) is 0 Å². The number of aliphatic hydroxyl groups excluding tert-OH is 1. The van der Waals surface area contributed by atoms with E-state index >= 15 is 0 Å². The Morgan fingerprint density at radius 2 is 1.82 bits per heavy atom. The molecule has 1 saturated heterocycles. The molecular weight excluding hydrogens is 280 g/mol. The summed E-state index contributed by atoms with van der Waals surface area (Å²) < 4.78 is 0. The molecular formula is C17H30N2O3. The molecule has 2 fully saturated rings. The molecule has 5 nitrogen and oxygen atoms in total. The summed E-state index contributed by atoms with van der Waals surface area (Å²) in [7, 11) is 0. The molecule has 0 bridgehead atoms. The van der Waals surface area contributed by atoms with Gasteiger partial charge in [0, 0.05) is 25.9 Å². The van der Waals surface area contributed by atoms with Crippen molar-refractivity contribution in [3.05, 3.63) is 0 Å². The largest absolute Gasteiger partial charge is 0.391 e. The summed E-state index contributed by atoms with van der Waals surface area (Å²) >= 11 is 0. The topological polar surface area (TPSA) is 69.6 Å². The van der Waals surface area contributed by atoms with Crippen molar-refractivity contribution >= 4 is 11.8 Å². The Morgan fingerprint density at radius 3 is 2.32 bits per heavy atom. The average Bonchev–Trinajstić information content (AvgIpc) is 2.91. The van der Waals surface area contributed by atoms with Crippen LogP contribution in [0.3, 0.4) is 0 Å². The summed E-state index contributed by atoms with van der Waals surface area (Å²) in [5.41, 5.74) is 0.455. The molecule has 0 unspecified atom stereocenters. The van der Waals surface area contributed by atoms with E-state index in [0.717, 1.165) is 25.7 Å². The van der Waals surface area contributed by atoms with Gasteiger partial charge in [0.1, 0.15) is 6.04 Å². The summed E-state index contributed by atoms with van der Waals surface area (Å²) in [4.78, 5) is 25.5. The quantitative estimate of drug-likeness (QED) is 0.832. The number of carbonyl (C=O) groups excluding carboxylic acids is 2. The SMILES string of the molecule is CCC1(CC)CCC(NC(=O)[C@H]2C[C@@H](O)CN2C(C)=O)CC1. The van der Waals surface area contributed by atoms with Gasteiger partial charge in [-0.2, -0.15) is 0 Å². The van der Waals surface area contributed by atoms with Crippen LogP contribution in [-0.2, 0) is 9.59 Å². The predicted molar refractivity (Wildman–Crippen MR) is 85.2 cm³/mol. The molecule has 1 aliphatic carbocycles. The van der Waals surface area contributed by atoms with E-state index in [2.05, 4.69) is 19.2 Å². The summed E-state index contributed by atoms with van der Waals surface area (Å²) in [6.45, 7) is 6.24. The third-order valence-electron chi connectivity index (χ3n) is 5.88. The van der Waals surface area contributed by atoms with Gasteiger partial charge in [-0.25, -0.2) is 0 Å². The van der Waals surface area contributed by atoms with Gasteiger partial charge < -0.3 is 15.3 Å². The van der Waals surface area contributed by atoms with Crippen molar-refractivity contribution in [2.24, 2.45) is 5.41 Å². The number of hydrogen-bond acceptors (Lipinski definition) is 3. The van der Waals surface area contributed by atoms with Crippen LogP contribution in [0, 0.1) is 5.41 Å². The lowest BCUT2D eigenvalue weighted by molar-refractivity contribution is -0.137. The zero-order chi connectivity index (χ0) is 16.3. The van der Waals surface area contributed by atoms with Crippen LogP contribution in [0.4, 0.5) is 0 Å². The molecule has 1 saturated carbocycles. The van der Waals surface area contributed by atoms with Crippen LogP contribution in [0.1, 0.15) is 65.7 Å². The molecule has 0 aromatic carbocycles. The fraction of sp³-hybridized carbons (Fsp3) is 0.882. The van der Waals surface area contributed by atoms with Gasteiger partial charge in [-0.05, 0) is 31.1 Å². The Morgan fingerprint density at radius 1 is 1.23 bits per heavy atom. The lowest BCUT2D eigenvalue weighted by Gasteiger charge is -2.39. The van der Waals surface area contributed by atoms with E-state index in [-0.39, 0.29) is 24.4 Å². The summed E-state index contributed by atoms with van der Waals surface area (Å²) in [6, 6.07) is -0.290. The first-order valence-corrected chi connectivity index (χ1v) is 8.66. The maximum atomic E-state index is 12.5. The minimum atomic E-state index is -0.584. The van der Waals surface area contributed by atoms with Gasteiger partial charge in [0.05, 0.1) is 6.10 Å². The summed E-state index contributed by atoms with van der Waals surface area (Å²) in [5.74, 6) is -0.242. The Labute approximate surface area is 133 Å². The fourth-order valence-electron chi connectivity index (χ4n) is 4.04. The number of amides is 2. The van der Waals surface area contributed by atoms with Crippen LogP contribution in [-0.4, -0.2) is 46.6 Å². The van der Waals surface area contributed by atoms with E-state index in [1.165, 1.54) is 24.7 Å². The first-order chi connectivity index (χ1) is 10.4. The summed E-state index contributed by atoms with van der Waals surface area (Å²) in [6.07, 6.45) is 6.54. The molecule has 1 aliphatic heterocycles. The molecule has 2 atom stereocenters. The van der Waals surface area contributed by atoms with E-state index in [1.807, 2.05) is 0 Å². The average molecular weight is 310 g/mol. The van der Waals surface area contributed by atoms with Crippen molar-refractivity contribution in [2.45, 2.75) is 83.9 Å². The first kappa shape index (κ1) is 17.3. The maximum absolute atomic E-state index is 12.5. The smallest absolute Gasteiger partial charge is 0.243 e. The van der Waals surface area contributed by atoms with Crippen LogP contribution in [0.25, 0.3) is 0 Å². The number of aliphatic hydroxyl groups is 1. The van der Waals surface area contributed by atoms with Crippen LogP contribution >= 0.6 is 0 Å². The van der Waals surface area contributed by atoms with Gasteiger partial charge in [0.2, 0.25) is 11.8 Å². The standard InChI is InChI=1S/C17H30N2O3/c1-4-17(5-2)8-6-13(7-9-17)18-16(22)15-10-14(21)11-19(15)12(3)20/h13-15,21H,4-11H2,1-3H3,(H,18,22)/t14-,15-/m1/s1. The predicted octanol–water partition coefficient (Wildman–Crippen LogP) is 1.83. The third-order valence-corrected chi connectivity index (χ3v) is 5.88. The van der Waals surface area contributed by atoms with E-state index in [9.17, 15) is 14.7 Å². The number of β-amino-alcohol motifs (C(OH)–C–C–N with tert-alkyl or cyclic N) is 1. The van der Waals surface area contributed by atoms with E-state index < -0.39 is 12.1 Å². The zero-order valence-corrected chi connectivity index (χ0v) is 14.1. The highest BCUT2D eigenvalue weighted by Crippen LogP contribution is 2.41. The minimum absolute atomic E-state index is 0.0998. The molecule has 2 N–H and O–H groups in total. The van der Waals surface area contributed by atoms with E-state index in [4.69, 9.17) is 0 Å². The molecule has 1 heterocycles. The van der Waals surface area contributed by atoms with Crippen LogP contribution in [0.15, 0.2) is 0 Å². The number of rotatable bonds is 4. The van der Waals surface area contributed by atoms with Crippen molar-refractivity contribution in [1.82, 2.24) is 10.2 Å².